The van der Waals surface area contributed by atoms with Crippen molar-refractivity contribution >= 4 is 17.6 Å². The normalized spacial score (nSPS) is 10.6. The number of anilines is 1. The number of nitrogens with one attached hydrogen (secondary N) is 1. The Balaban J connectivity index is 2.67. The van der Waals surface area contributed by atoms with E-state index in [9.17, 15) is 22.8 Å². The van der Waals surface area contributed by atoms with Gasteiger partial charge < -0.3 is 10.4 Å². The maximum absolute atomic E-state index is 13.2. The number of likely N-dealkylation sites (N-methyl/N-ethyl adjacent to an activating group) is 1. The molecule has 0 unspecified atom stereocenters. The van der Waals surface area contributed by atoms with Crippen molar-refractivity contribution in [3.8, 4) is 0 Å². The van der Waals surface area contributed by atoms with Gasteiger partial charge in [0.05, 0.1) is 18.8 Å². The molecule has 1 aromatic rings. The first-order chi connectivity index (χ1) is 8.81. The van der Waals surface area contributed by atoms with Crippen LogP contribution in [0.15, 0.2) is 12.1 Å². The number of rotatable bonds is 5. The predicted octanol–water partition coefficient (Wildman–Crippen LogP) is 1.06. The molecule has 0 saturated carbocycles. The van der Waals surface area contributed by atoms with Crippen LogP contribution in [0, 0.1) is 17.5 Å². The number of amides is 1. The molecule has 0 bridgehead atoms. The first kappa shape index (κ1) is 15.0. The molecule has 1 amide bonds. The quantitative estimate of drug-likeness (QED) is 0.789. The van der Waals surface area contributed by atoms with Gasteiger partial charge >= 0.3 is 5.97 Å². The maximum atomic E-state index is 13.2. The molecule has 0 radical (unpaired) electrons. The minimum absolute atomic E-state index is 0.329. The van der Waals surface area contributed by atoms with E-state index < -0.39 is 35.0 Å². The van der Waals surface area contributed by atoms with Crippen LogP contribution < -0.4 is 5.32 Å². The molecule has 5 nitrogen and oxygen atoms in total. The standard InChI is InChI=1S/C11H11F3N2O3/c1-16(5-9(18)19)4-8(17)15-7-3-2-6(12)10(13)11(7)14/h2-3H,4-5H2,1H3,(H,15,17)(H,18,19). The van der Waals surface area contributed by atoms with Crippen molar-refractivity contribution in [1.29, 1.82) is 0 Å². The topological polar surface area (TPSA) is 69.6 Å². The third-order valence-electron chi connectivity index (χ3n) is 2.13. The van der Waals surface area contributed by atoms with Gasteiger partial charge in [0.1, 0.15) is 0 Å². The molecule has 1 rings (SSSR count). The summed E-state index contributed by atoms with van der Waals surface area (Å²) in [6.07, 6.45) is 0. The van der Waals surface area contributed by atoms with Gasteiger partial charge in [-0.05, 0) is 19.2 Å². The summed E-state index contributed by atoms with van der Waals surface area (Å²) in [7, 11) is 1.37. The van der Waals surface area contributed by atoms with Crippen LogP contribution in [0.2, 0.25) is 0 Å². The van der Waals surface area contributed by atoms with Crippen molar-refractivity contribution < 1.29 is 27.9 Å². The second-order valence-electron chi connectivity index (χ2n) is 3.84. The Morgan fingerprint density at radius 1 is 1.21 bits per heavy atom. The molecule has 0 aromatic heterocycles. The zero-order chi connectivity index (χ0) is 14.6. The first-order valence-corrected chi connectivity index (χ1v) is 5.15. The van der Waals surface area contributed by atoms with Crippen molar-refractivity contribution in [2.75, 3.05) is 25.5 Å². The van der Waals surface area contributed by atoms with Crippen molar-refractivity contribution in [1.82, 2.24) is 4.90 Å². The van der Waals surface area contributed by atoms with Gasteiger partial charge in [0, 0.05) is 0 Å². The Morgan fingerprint density at radius 2 is 1.84 bits per heavy atom. The third kappa shape index (κ3) is 4.25. The number of nitrogens with zero attached hydrogens (tertiary/aromatic N) is 1. The number of carbonyl (C=O) groups excluding carboxylic acids is 1. The van der Waals surface area contributed by atoms with Crippen LogP contribution >= 0.6 is 0 Å². The highest BCUT2D eigenvalue weighted by Gasteiger charge is 2.16. The first-order valence-electron chi connectivity index (χ1n) is 5.15. The number of carboxylic acid groups (broad SMARTS) is 1. The van der Waals surface area contributed by atoms with Crippen LogP contribution in [0.4, 0.5) is 18.9 Å². The number of carboxylic acids is 1. The number of hydrogen-bond acceptors (Lipinski definition) is 3. The number of carbonyl (C=O) groups is 2. The van der Waals surface area contributed by atoms with Crippen LogP contribution in [-0.4, -0.2) is 42.0 Å². The molecule has 0 fully saturated rings. The monoisotopic (exact) mass is 276 g/mol. The molecule has 0 spiro atoms. The summed E-state index contributed by atoms with van der Waals surface area (Å²) in [6.45, 7) is -0.710. The second kappa shape index (κ2) is 6.19. The molecule has 0 aliphatic rings. The molecule has 0 saturated heterocycles. The van der Waals surface area contributed by atoms with E-state index in [1.165, 1.54) is 7.05 Å². The van der Waals surface area contributed by atoms with Crippen molar-refractivity contribution in [3.63, 3.8) is 0 Å². The van der Waals surface area contributed by atoms with Crippen molar-refractivity contribution in [3.05, 3.63) is 29.6 Å². The van der Waals surface area contributed by atoms with E-state index in [1.54, 1.807) is 0 Å². The largest absolute Gasteiger partial charge is 0.480 e. The van der Waals surface area contributed by atoms with E-state index in [1.807, 2.05) is 5.32 Å². The summed E-state index contributed by atoms with van der Waals surface area (Å²) >= 11 is 0. The highest BCUT2D eigenvalue weighted by Crippen LogP contribution is 2.19. The molecule has 0 heterocycles. The van der Waals surface area contributed by atoms with Crippen LogP contribution in [0.3, 0.4) is 0 Å². The molecule has 8 heteroatoms. The molecule has 2 N–H and O–H groups in total. The lowest BCUT2D eigenvalue weighted by Gasteiger charge is -2.14. The minimum atomic E-state index is -1.68. The average Bonchev–Trinajstić information content (AvgIpc) is 2.28. The van der Waals surface area contributed by atoms with Gasteiger partial charge in [0.2, 0.25) is 5.91 Å². The highest BCUT2D eigenvalue weighted by atomic mass is 19.2. The lowest BCUT2D eigenvalue weighted by molar-refractivity contribution is -0.138. The summed E-state index contributed by atoms with van der Waals surface area (Å²) in [5, 5.41) is 10.5. The van der Waals surface area contributed by atoms with Gasteiger partial charge in [-0.25, -0.2) is 13.2 Å². The predicted molar refractivity (Wildman–Crippen MR) is 60.1 cm³/mol. The fraction of sp³-hybridized carbons (Fsp3) is 0.273. The van der Waals surface area contributed by atoms with E-state index >= 15 is 0 Å². The molecule has 104 valence electrons. The van der Waals surface area contributed by atoms with Crippen LogP contribution in [0.1, 0.15) is 0 Å². The zero-order valence-electron chi connectivity index (χ0n) is 9.91. The van der Waals surface area contributed by atoms with Gasteiger partial charge in [-0.3, -0.25) is 14.5 Å². The molecule has 19 heavy (non-hydrogen) atoms. The van der Waals surface area contributed by atoms with E-state index in [4.69, 9.17) is 5.11 Å². The Kier molecular flexibility index (Phi) is 4.87. The van der Waals surface area contributed by atoms with Gasteiger partial charge in [-0.2, -0.15) is 0 Å². The lowest BCUT2D eigenvalue weighted by atomic mass is 10.2. The fourth-order valence-corrected chi connectivity index (χ4v) is 1.34. The Hall–Kier alpha value is -2.09. The van der Waals surface area contributed by atoms with Gasteiger partial charge in [0.15, 0.2) is 17.5 Å². The number of benzene rings is 1. The lowest BCUT2D eigenvalue weighted by Crippen LogP contribution is -2.34. The van der Waals surface area contributed by atoms with Gasteiger partial charge in [-0.1, -0.05) is 0 Å². The van der Waals surface area contributed by atoms with E-state index in [2.05, 4.69) is 0 Å². The molecule has 0 atom stereocenters. The summed E-state index contributed by atoms with van der Waals surface area (Å²) in [5.41, 5.74) is -0.507. The van der Waals surface area contributed by atoms with Gasteiger partial charge in [-0.15, -0.1) is 0 Å². The highest BCUT2D eigenvalue weighted by molar-refractivity contribution is 5.92. The number of aliphatic carboxylic acids is 1. The fourth-order valence-electron chi connectivity index (χ4n) is 1.34. The smallest absolute Gasteiger partial charge is 0.317 e. The van der Waals surface area contributed by atoms with Crippen molar-refractivity contribution in [2.45, 2.75) is 0 Å². The Morgan fingerprint density at radius 3 is 2.42 bits per heavy atom. The Labute approximate surface area is 106 Å². The molecule has 0 aliphatic heterocycles. The second-order valence-corrected chi connectivity index (χ2v) is 3.84. The Bertz CT molecular complexity index is 508. The van der Waals surface area contributed by atoms with Crippen LogP contribution in [-0.2, 0) is 9.59 Å². The number of hydrogen-bond donors (Lipinski definition) is 2. The number of halogens is 3. The molecular formula is C11H11F3N2O3. The van der Waals surface area contributed by atoms with E-state index in [-0.39, 0.29) is 13.1 Å². The van der Waals surface area contributed by atoms with Gasteiger partial charge in [0.25, 0.3) is 0 Å². The summed E-state index contributed by atoms with van der Waals surface area (Å²) in [5.74, 6) is -6.42. The average molecular weight is 276 g/mol. The third-order valence-corrected chi connectivity index (χ3v) is 2.13. The SMILES string of the molecule is CN(CC(=O)O)CC(=O)Nc1ccc(F)c(F)c1F. The maximum Gasteiger partial charge on any atom is 0.317 e. The molecule has 1 aromatic carbocycles. The summed E-state index contributed by atoms with van der Waals surface area (Å²) < 4.78 is 38.8. The molecular weight excluding hydrogens is 265 g/mol. The summed E-state index contributed by atoms with van der Waals surface area (Å²) in [6, 6.07) is 1.55. The summed E-state index contributed by atoms with van der Waals surface area (Å²) in [4.78, 5) is 22.9. The molecule has 0 aliphatic carbocycles. The minimum Gasteiger partial charge on any atom is -0.480 e. The van der Waals surface area contributed by atoms with Crippen LogP contribution in [0.25, 0.3) is 0 Å². The van der Waals surface area contributed by atoms with E-state index in [0.717, 1.165) is 11.0 Å². The van der Waals surface area contributed by atoms with E-state index in [0.29, 0.717) is 6.07 Å². The zero-order valence-corrected chi connectivity index (χ0v) is 9.91. The van der Waals surface area contributed by atoms with Crippen LogP contribution in [0.5, 0.6) is 0 Å². The van der Waals surface area contributed by atoms with Crippen molar-refractivity contribution in [2.24, 2.45) is 0 Å².